The maximum Gasteiger partial charge on any atom is 0.297 e. The molecule has 0 saturated heterocycles. The lowest BCUT2D eigenvalue weighted by Gasteiger charge is -2.17. The molecule has 1 aromatic rings. The molecule has 2 atom stereocenters. The van der Waals surface area contributed by atoms with E-state index < -0.39 is 16.2 Å². The number of amides is 1. The summed E-state index contributed by atoms with van der Waals surface area (Å²) in [5, 5.41) is 2.87. The Kier molecular flexibility index (Phi) is 8.55. The van der Waals surface area contributed by atoms with Gasteiger partial charge in [-0.05, 0) is 37.8 Å². The standard InChI is InChI=1S/C18H30N2O4S/c1-13(2)9-10-20-18(21)15(4)11-16(19)12-24-25(22,23)17-7-5-14(3)6-8-17/h5-8,13,15-16H,9-12,19H2,1-4H3,(H,20,21). The largest absolute Gasteiger partial charge is 0.356 e. The molecule has 0 radical (unpaired) electrons. The van der Waals surface area contributed by atoms with E-state index in [1.54, 1.807) is 19.1 Å². The second-order valence-corrected chi connectivity index (χ2v) is 8.54. The topological polar surface area (TPSA) is 98.5 Å². The Hall–Kier alpha value is -1.44. The SMILES string of the molecule is Cc1ccc(S(=O)(=O)OCC(N)CC(C)C(=O)NCCC(C)C)cc1. The van der Waals surface area contributed by atoms with E-state index in [0.717, 1.165) is 12.0 Å². The number of aryl methyl sites for hydroxylation is 1. The van der Waals surface area contributed by atoms with Crippen LogP contribution in [-0.4, -0.2) is 33.5 Å². The van der Waals surface area contributed by atoms with Crippen molar-refractivity contribution in [3.63, 3.8) is 0 Å². The highest BCUT2D eigenvalue weighted by atomic mass is 32.2. The second-order valence-electron chi connectivity index (χ2n) is 6.92. The molecule has 0 aliphatic heterocycles. The molecule has 25 heavy (non-hydrogen) atoms. The fourth-order valence-corrected chi connectivity index (χ4v) is 3.20. The third kappa shape index (κ3) is 7.98. The van der Waals surface area contributed by atoms with E-state index in [4.69, 9.17) is 9.92 Å². The number of hydrogen-bond donors (Lipinski definition) is 2. The predicted molar refractivity (Wildman–Crippen MR) is 98.5 cm³/mol. The molecule has 7 heteroatoms. The van der Waals surface area contributed by atoms with Crippen LogP contribution in [0, 0.1) is 18.8 Å². The van der Waals surface area contributed by atoms with Gasteiger partial charge in [0.1, 0.15) is 0 Å². The highest BCUT2D eigenvalue weighted by Crippen LogP contribution is 2.14. The van der Waals surface area contributed by atoms with Gasteiger partial charge in [0.25, 0.3) is 10.1 Å². The molecular weight excluding hydrogens is 340 g/mol. The first-order valence-electron chi connectivity index (χ1n) is 8.61. The van der Waals surface area contributed by atoms with E-state index in [2.05, 4.69) is 19.2 Å². The number of hydrogen-bond acceptors (Lipinski definition) is 5. The van der Waals surface area contributed by atoms with E-state index in [0.29, 0.717) is 18.9 Å². The number of benzene rings is 1. The number of carbonyl (C=O) groups excluding carboxylic acids is 1. The molecule has 3 N–H and O–H groups in total. The van der Waals surface area contributed by atoms with Crippen molar-refractivity contribution in [1.29, 1.82) is 0 Å². The van der Waals surface area contributed by atoms with Crippen molar-refractivity contribution in [3.05, 3.63) is 29.8 Å². The lowest BCUT2D eigenvalue weighted by atomic mass is 10.0. The third-order valence-electron chi connectivity index (χ3n) is 3.87. The lowest BCUT2D eigenvalue weighted by molar-refractivity contribution is -0.124. The maximum atomic E-state index is 12.1. The summed E-state index contributed by atoms with van der Waals surface area (Å²) in [6.07, 6.45) is 1.28. The molecule has 0 bridgehead atoms. The first kappa shape index (κ1) is 21.6. The summed E-state index contributed by atoms with van der Waals surface area (Å²) in [7, 11) is -3.83. The molecule has 0 heterocycles. The molecule has 0 fully saturated rings. The molecule has 0 saturated carbocycles. The molecule has 0 aliphatic rings. The smallest absolute Gasteiger partial charge is 0.297 e. The van der Waals surface area contributed by atoms with Crippen LogP contribution in [0.25, 0.3) is 0 Å². The van der Waals surface area contributed by atoms with Crippen LogP contribution in [0.3, 0.4) is 0 Å². The number of nitrogens with one attached hydrogen (secondary N) is 1. The predicted octanol–water partition coefficient (Wildman–Crippen LogP) is 2.22. The molecule has 2 unspecified atom stereocenters. The molecule has 1 amide bonds. The van der Waals surface area contributed by atoms with E-state index in [1.807, 2.05) is 6.92 Å². The minimum absolute atomic E-state index is 0.0718. The van der Waals surface area contributed by atoms with Gasteiger partial charge in [-0.2, -0.15) is 8.42 Å². The first-order valence-corrected chi connectivity index (χ1v) is 10.0. The Balaban J connectivity index is 2.44. The van der Waals surface area contributed by atoms with Crippen molar-refractivity contribution in [2.24, 2.45) is 17.6 Å². The van der Waals surface area contributed by atoms with Gasteiger partial charge >= 0.3 is 0 Å². The molecule has 6 nitrogen and oxygen atoms in total. The summed E-state index contributed by atoms with van der Waals surface area (Å²) < 4.78 is 29.3. The fraction of sp³-hybridized carbons (Fsp3) is 0.611. The highest BCUT2D eigenvalue weighted by Gasteiger charge is 2.20. The summed E-state index contributed by atoms with van der Waals surface area (Å²) >= 11 is 0. The van der Waals surface area contributed by atoms with E-state index in [-0.39, 0.29) is 23.3 Å². The highest BCUT2D eigenvalue weighted by molar-refractivity contribution is 7.86. The summed E-state index contributed by atoms with van der Waals surface area (Å²) in [5.74, 6) is 0.156. The zero-order valence-electron chi connectivity index (χ0n) is 15.5. The summed E-state index contributed by atoms with van der Waals surface area (Å²) in [6, 6.07) is 5.88. The van der Waals surface area contributed by atoms with Crippen LogP contribution < -0.4 is 11.1 Å². The van der Waals surface area contributed by atoms with Crippen LogP contribution in [0.2, 0.25) is 0 Å². The summed E-state index contributed by atoms with van der Waals surface area (Å²) in [5.41, 5.74) is 6.89. The van der Waals surface area contributed by atoms with Gasteiger partial charge in [-0.1, -0.05) is 38.5 Å². The fourth-order valence-electron chi connectivity index (χ4n) is 2.24. The van der Waals surface area contributed by atoms with Gasteiger partial charge in [0.05, 0.1) is 11.5 Å². The summed E-state index contributed by atoms with van der Waals surface area (Å²) in [4.78, 5) is 12.1. The van der Waals surface area contributed by atoms with Gasteiger partial charge in [-0.15, -0.1) is 0 Å². The average molecular weight is 371 g/mol. The Morgan fingerprint density at radius 3 is 2.36 bits per heavy atom. The van der Waals surface area contributed by atoms with Crippen molar-refractivity contribution < 1.29 is 17.4 Å². The Bertz CT molecular complexity index is 642. The van der Waals surface area contributed by atoms with Gasteiger partial charge in [-0.25, -0.2) is 0 Å². The molecule has 0 aliphatic carbocycles. The van der Waals surface area contributed by atoms with Crippen LogP contribution in [0.4, 0.5) is 0 Å². The van der Waals surface area contributed by atoms with E-state index in [1.165, 1.54) is 12.1 Å². The maximum absolute atomic E-state index is 12.1. The van der Waals surface area contributed by atoms with Gasteiger partial charge in [0, 0.05) is 18.5 Å². The monoisotopic (exact) mass is 370 g/mol. The van der Waals surface area contributed by atoms with E-state index >= 15 is 0 Å². The van der Waals surface area contributed by atoms with Crippen molar-refractivity contribution >= 4 is 16.0 Å². The number of carbonyl (C=O) groups is 1. The zero-order valence-corrected chi connectivity index (χ0v) is 16.3. The normalized spacial score (nSPS) is 14.3. The average Bonchev–Trinajstić information content (AvgIpc) is 2.53. The van der Waals surface area contributed by atoms with Gasteiger partial charge < -0.3 is 11.1 Å². The third-order valence-corrected chi connectivity index (χ3v) is 5.17. The van der Waals surface area contributed by atoms with Crippen LogP contribution in [0.1, 0.15) is 39.2 Å². The summed E-state index contributed by atoms with van der Waals surface area (Å²) in [6.45, 7) is 8.32. The van der Waals surface area contributed by atoms with Crippen LogP contribution >= 0.6 is 0 Å². The lowest BCUT2D eigenvalue weighted by Crippen LogP contribution is -2.36. The van der Waals surface area contributed by atoms with Crippen molar-refractivity contribution in [3.8, 4) is 0 Å². The van der Waals surface area contributed by atoms with Gasteiger partial charge in [0.15, 0.2) is 0 Å². The first-order chi connectivity index (χ1) is 11.6. The van der Waals surface area contributed by atoms with Gasteiger partial charge in [0.2, 0.25) is 5.91 Å². The minimum atomic E-state index is -3.83. The Morgan fingerprint density at radius 1 is 1.20 bits per heavy atom. The Labute approximate surface area is 151 Å². The van der Waals surface area contributed by atoms with Crippen LogP contribution in [-0.2, 0) is 19.1 Å². The number of rotatable bonds is 10. The molecule has 142 valence electrons. The van der Waals surface area contributed by atoms with Crippen LogP contribution in [0.5, 0.6) is 0 Å². The molecule has 0 aromatic heterocycles. The van der Waals surface area contributed by atoms with Crippen molar-refractivity contribution in [1.82, 2.24) is 5.32 Å². The minimum Gasteiger partial charge on any atom is -0.356 e. The van der Waals surface area contributed by atoms with E-state index in [9.17, 15) is 13.2 Å². The molecular formula is C18H30N2O4S. The van der Waals surface area contributed by atoms with Crippen molar-refractivity contribution in [2.45, 2.75) is 51.5 Å². The zero-order chi connectivity index (χ0) is 19.0. The Morgan fingerprint density at radius 2 is 1.80 bits per heavy atom. The molecule has 1 aromatic carbocycles. The molecule has 1 rings (SSSR count). The number of nitrogens with two attached hydrogens (primary N) is 1. The quantitative estimate of drug-likeness (QED) is 0.615. The van der Waals surface area contributed by atoms with Gasteiger partial charge in [-0.3, -0.25) is 8.98 Å². The van der Waals surface area contributed by atoms with Crippen LogP contribution in [0.15, 0.2) is 29.2 Å². The molecule has 0 spiro atoms. The van der Waals surface area contributed by atoms with Crippen molar-refractivity contribution in [2.75, 3.05) is 13.2 Å². The second kappa shape index (κ2) is 9.89.